The smallest absolute Gasteiger partial charge is 0.123 e. The molecule has 2 nitrogen and oxygen atoms in total. The minimum atomic E-state index is -0.157. The summed E-state index contributed by atoms with van der Waals surface area (Å²) in [6.07, 6.45) is 8.62. The molecule has 1 N–H and O–H groups in total. The van der Waals surface area contributed by atoms with Crippen molar-refractivity contribution in [1.82, 2.24) is 5.32 Å². The van der Waals surface area contributed by atoms with E-state index < -0.39 is 0 Å². The van der Waals surface area contributed by atoms with Crippen LogP contribution in [0.25, 0.3) is 0 Å². The van der Waals surface area contributed by atoms with Crippen molar-refractivity contribution in [2.45, 2.75) is 64.0 Å². The zero-order chi connectivity index (χ0) is 14.7. The second kappa shape index (κ2) is 6.78. The molecule has 116 valence electrons. The van der Waals surface area contributed by atoms with E-state index in [2.05, 4.69) is 12.2 Å². The number of halogens is 1. The second-order valence-electron chi connectivity index (χ2n) is 6.52. The summed E-state index contributed by atoms with van der Waals surface area (Å²) in [7, 11) is 0. The van der Waals surface area contributed by atoms with Crippen LogP contribution in [0.5, 0.6) is 5.75 Å². The van der Waals surface area contributed by atoms with Crippen molar-refractivity contribution in [3.63, 3.8) is 0 Å². The summed E-state index contributed by atoms with van der Waals surface area (Å²) in [5.41, 5.74) is 1.03. The molecular formula is C18H26FNO. The van der Waals surface area contributed by atoms with Crippen LogP contribution in [0, 0.1) is 11.7 Å². The maximum atomic E-state index is 13.2. The van der Waals surface area contributed by atoms with Gasteiger partial charge in [0.25, 0.3) is 0 Å². The Balaban J connectivity index is 1.42. The first-order valence-corrected chi connectivity index (χ1v) is 8.44. The molecule has 2 aliphatic rings. The Morgan fingerprint density at radius 3 is 3.00 bits per heavy atom. The molecule has 1 aliphatic carbocycles. The van der Waals surface area contributed by atoms with Gasteiger partial charge in [-0.1, -0.05) is 6.92 Å². The van der Waals surface area contributed by atoms with E-state index in [0.717, 1.165) is 36.6 Å². The Kier molecular flexibility index (Phi) is 4.79. The quantitative estimate of drug-likeness (QED) is 0.779. The third kappa shape index (κ3) is 3.97. The van der Waals surface area contributed by atoms with Gasteiger partial charge in [0.1, 0.15) is 17.7 Å². The van der Waals surface area contributed by atoms with Crippen LogP contribution in [-0.2, 0) is 6.42 Å². The number of rotatable bonds is 8. The Morgan fingerprint density at radius 2 is 2.24 bits per heavy atom. The molecule has 1 saturated carbocycles. The first kappa shape index (κ1) is 14.8. The van der Waals surface area contributed by atoms with Gasteiger partial charge in [-0.05, 0) is 69.2 Å². The van der Waals surface area contributed by atoms with Gasteiger partial charge in [0.15, 0.2) is 0 Å². The van der Waals surface area contributed by atoms with Gasteiger partial charge < -0.3 is 10.1 Å². The van der Waals surface area contributed by atoms with E-state index in [4.69, 9.17) is 4.74 Å². The number of hydrogen-bond donors (Lipinski definition) is 1. The lowest BCUT2D eigenvalue weighted by atomic mass is 10.0. The van der Waals surface area contributed by atoms with Crippen molar-refractivity contribution in [2.24, 2.45) is 5.92 Å². The van der Waals surface area contributed by atoms with Crippen LogP contribution in [-0.4, -0.2) is 18.7 Å². The third-order valence-electron chi connectivity index (χ3n) is 4.65. The summed E-state index contributed by atoms with van der Waals surface area (Å²) in [5.74, 6) is 1.63. The molecule has 0 bridgehead atoms. The van der Waals surface area contributed by atoms with Crippen molar-refractivity contribution in [1.29, 1.82) is 0 Å². The zero-order valence-corrected chi connectivity index (χ0v) is 12.9. The number of fused-ring (bicyclic) bond motifs is 1. The molecule has 0 radical (unpaired) electrons. The fraction of sp³-hybridized carbons (Fsp3) is 0.667. The first-order chi connectivity index (χ1) is 10.3. The molecule has 1 fully saturated rings. The average molecular weight is 291 g/mol. The van der Waals surface area contributed by atoms with Crippen LogP contribution in [0.15, 0.2) is 18.2 Å². The SMILES string of the molecule is CCCNC(CCCC1Cc2cc(F)ccc2O1)C1CC1. The number of hydrogen-bond acceptors (Lipinski definition) is 2. The summed E-state index contributed by atoms with van der Waals surface area (Å²) in [4.78, 5) is 0. The Bertz CT molecular complexity index is 472. The van der Waals surface area contributed by atoms with Crippen molar-refractivity contribution >= 4 is 0 Å². The van der Waals surface area contributed by atoms with E-state index in [-0.39, 0.29) is 11.9 Å². The lowest BCUT2D eigenvalue weighted by Gasteiger charge is -2.19. The molecule has 21 heavy (non-hydrogen) atoms. The topological polar surface area (TPSA) is 21.3 Å². The summed E-state index contributed by atoms with van der Waals surface area (Å²) in [6, 6.07) is 5.57. The van der Waals surface area contributed by atoms with E-state index in [9.17, 15) is 4.39 Å². The molecule has 3 rings (SSSR count). The molecule has 3 heteroatoms. The molecule has 0 saturated heterocycles. The Hall–Kier alpha value is -1.09. The largest absolute Gasteiger partial charge is 0.490 e. The molecule has 2 atom stereocenters. The average Bonchev–Trinajstić information content (AvgIpc) is 3.23. The van der Waals surface area contributed by atoms with Crippen LogP contribution in [0.2, 0.25) is 0 Å². The van der Waals surface area contributed by atoms with Gasteiger partial charge >= 0.3 is 0 Å². The first-order valence-electron chi connectivity index (χ1n) is 8.44. The molecule has 1 aromatic carbocycles. The molecule has 1 aromatic rings. The number of nitrogens with one attached hydrogen (secondary N) is 1. The normalized spacial score (nSPS) is 21.9. The fourth-order valence-corrected chi connectivity index (χ4v) is 3.35. The van der Waals surface area contributed by atoms with Crippen molar-refractivity contribution in [3.8, 4) is 5.75 Å². The fourth-order valence-electron chi connectivity index (χ4n) is 3.35. The molecule has 0 amide bonds. The van der Waals surface area contributed by atoms with Gasteiger partial charge in [0, 0.05) is 18.0 Å². The maximum Gasteiger partial charge on any atom is 0.123 e. The van der Waals surface area contributed by atoms with E-state index in [0.29, 0.717) is 6.04 Å². The van der Waals surface area contributed by atoms with Crippen LogP contribution in [0.1, 0.15) is 51.0 Å². The zero-order valence-electron chi connectivity index (χ0n) is 12.9. The number of ether oxygens (including phenoxy) is 1. The predicted octanol–water partition coefficient (Wildman–Crippen LogP) is 4.08. The van der Waals surface area contributed by atoms with Crippen molar-refractivity contribution in [2.75, 3.05) is 6.54 Å². The highest BCUT2D eigenvalue weighted by atomic mass is 19.1. The highest BCUT2D eigenvalue weighted by molar-refractivity contribution is 5.37. The highest BCUT2D eigenvalue weighted by Crippen LogP contribution is 2.36. The summed E-state index contributed by atoms with van der Waals surface area (Å²) < 4.78 is 19.1. The van der Waals surface area contributed by atoms with Crippen molar-refractivity contribution < 1.29 is 9.13 Å². The third-order valence-corrected chi connectivity index (χ3v) is 4.65. The second-order valence-corrected chi connectivity index (χ2v) is 6.52. The lowest BCUT2D eigenvalue weighted by molar-refractivity contribution is 0.213. The van der Waals surface area contributed by atoms with E-state index in [1.807, 2.05) is 0 Å². The van der Waals surface area contributed by atoms with Gasteiger partial charge in [-0.2, -0.15) is 0 Å². The van der Waals surface area contributed by atoms with Gasteiger partial charge in [-0.3, -0.25) is 0 Å². The van der Waals surface area contributed by atoms with E-state index in [1.54, 1.807) is 12.1 Å². The minimum Gasteiger partial charge on any atom is -0.490 e. The predicted molar refractivity (Wildman–Crippen MR) is 83.2 cm³/mol. The highest BCUT2D eigenvalue weighted by Gasteiger charge is 2.30. The van der Waals surface area contributed by atoms with Crippen molar-refractivity contribution in [3.05, 3.63) is 29.6 Å². The van der Waals surface area contributed by atoms with Gasteiger partial charge in [0.2, 0.25) is 0 Å². The van der Waals surface area contributed by atoms with E-state index in [1.165, 1.54) is 38.2 Å². The van der Waals surface area contributed by atoms with Gasteiger partial charge in [0.05, 0.1) is 0 Å². The standard InChI is InChI=1S/C18H26FNO/c1-2-10-20-17(13-6-7-13)5-3-4-16-12-14-11-15(19)8-9-18(14)21-16/h8-9,11,13,16-17,20H,2-7,10,12H2,1H3. The molecule has 2 unspecified atom stereocenters. The van der Waals surface area contributed by atoms with Crippen LogP contribution in [0.3, 0.4) is 0 Å². The summed E-state index contributed by atoms with van der Waals surface area (Å²) in [5, 5.41) is 3.69. The summed E-state index contributed by atoms with van der Waals surface area (Å²) >= 11 is 0. The molecule has 0 spiro atoms. The van der Waals surface area contributed by atoms with Crippen LogP contribution < -0.4 is 10.1 Å². The monoisotopic (exact) mass is 291 g/mol. The van der Waals surface area contributed by atoms with Crippen LogP contribution in [0.4, 0.5) is 4.39 Å². The van der Waals surface area contributed by atoms with Gasteiger partial charge in [-0.25, -0.2) is 4.39 Å². The minimum absolute atomic E-state index is 0.157. The molecule has 1 heterocycles. The van der Waals surface area contributed by atoms with Crippen LogP contribution >= 0.6 is 0 Å². The molecular weight excluding hydrogens is 265 g/mol. The lowest BCUT2D eigenvalue weighted by Crippen LogP contribution is -2.32. The molecule has 0 aromatic heterocycles. The summed E-state index contributed by atoms with van der Waals surface area (Å²) in [6.45, 7) is 3.35. The van der Waals surface area contributed by atoms with Gasteiger partial charge in [-0.15, -0.1) is 0 Å². The Labute approximate surface area is 127 Å². The molecule has 1 aliphatic heterocycles. The van der Waals surface area contributed by atoms with E-state index >= 15 is 0 Å². The number of benzene rings is 1. The Morgan fingerprint density at radius 1 is 1.38 bits per heavy atom. The maximum absolute atomic E-state index is 13.2.